The van der Waals surface area contributed by atoms with E-state index in [0.29, 0.717) is 18.2 Å². The molecule has 0 bridgehead atoms. The number of hydrogen-bond acceptors (Lipinski definition) is 4. The average molecular weight is 307 g/mol. The maximum atomic E-state index is 12.0. The maximum Gasteiger partial charge on any atom is 0.289 e. The van der Waals surface area contributed by atoms with Crippen molar-refractivity contribution in [1.82, 2.24) is 4.90 Å². The molecule has 0 radical (unpaired) electrons. The number of hydrogen-bond donors (Lipinski definition) is 1. The summed E-state index contributed by atoms with van der Waals surface area (Å²) in [5, 5.41) is 0.755. The van der Waals surface area contributed by atoms with E-state index in [1.54, 1.807) is 18.0 Å². The number of carbonyl (C=O) groups excluding carboxylic acids is 1. The van der Waals surface area contributed by atoms with Crippen molar-refractivity contribution in [3.05, 3.63) is 17.9 Å². The van der Waals surface area contributed by atoms with E-state index < -0.39 is 0 Å². The highest BCUT2D eigenvalue weighted by Gasteiger charge is 2.17. The topological polar surface area (TPSA) is 59.5 Å². The lowest BCUT2D eigenvalue weighted by Gasteiger charge is -2.20. The Labute approximate surface area is 125 Å². The van der Waals surface area contributed by atoms with Crippen molar-refractivity contribution in [1.29, 1.82) is 0 Å². The predicted molar refractivity (Wildman–Crippen MR) is 82.1 cm³/mol. The summed E-state index contributed by atoms with van der Waals surface area (Å²) >= 11 is 1.48. The third-order valence-electron chi connectivity index (χ3n) is 2.99. The number of amides is 1. The van der Waals surface area contributed by atoms with Crippen LogP contribution in [0.4, 0.5) is 0 Å². The molecule has 0 aliphatic heterocycles. The molecule has 1 rings (SSSR count). The number of halogens is 1. The number of rotatable bonds is 6. The smallest absolute Gasteiger partial charge is 0.289 e. The van der Waals surface area contributed by atoms with E-state index in [9.17, 15) is 4.79 Å². The number of furan rings is 1. The highest BCUT2D eigenvalue weighted by Crippen LogP contribution is 2.19. The highest BCUT2D eigenvalue weighted by atomic mass is 35.5. The summed E-state index contributed by atoms with van der Waals surface area (Å²) in [5.74, 6) is 0.728. The first-order valence-electron chi connectivity index (χ1n) is 6.10. The van der Waals surface area contributed by atoms with Gasteiger partial charge in [-0.05, 0) is 30.7 Å². The zero-order valence-electron chi connectivity index (χ0n) is 11.9. The van der Waals surface area contributed by atoms with E-state index in [2.05, 4.69) is 13.8 Å². The predicted octanol–water partition coefficient (Wildman–Crippen LogP) is 2.87. The highest BCUT2D eigenvalue weighted by molar-refractivity contribution is 7.98. The van der Waals surface area contributed by atoms with Crippen LogP contribution in [0.3, 0.4) is 0 Å². The molecule has 1 heterocycles. The van der Waals surface area contributed by atoms with Crippen LogP contribution in [0.5, 0.6) is 0 Å². The molecule has 19 heavy (non-hydrogen) atoms. The Kier molecular flexibility index (Phi) is 8.22. The summed E-state index contributed by atoms with van der Waals surface area (Å²) in [6.07, 6.45) is 2.72. The third kappa shape index (κ3) is 5.47. The summed E-state index contributed by atoms with van der Waals surface area (Å²) in [6.45, 7) is 4.82. The Morgan fingerprint density at radius 3 is 2.58 bits per heavy atom. The van der Waals surface area contributed by atoms with Gasteiger partial charge in [0.25, 0.3) is 5.91 Å². The molecule has 110 valence electrons. The SMILES string of the molecule is CSc1ccc(C(=O)N(C)CCC(N)C(C)C)o1.Cl. The Balaban J connectivity index is 0.00000324. The van der Waals surface area contributed by atoms with Crippen molar-refractivity contribution < 1.29 is 9.21 Å². The Morgan fingerprint density at radius 2 is 2.11 bits per heavy atom. The van der Waals surface area contributed by atoms with Crippen molar-refractivity contribution in [2.24, 2.45) is 11.7 Å². The summed E-state index contributed by atoms with van der Waals surface area (Å²) in [4.78, 5) is 13.7. The average Bonchev–Trinajstić information content (AvgIpc) is 2.82. The van der Waals surface area contributed by atoms with Gasteiger partial charge in [0, 0.05) is 19.6 Å². The van der Waals surface area contributed by atoms with E-state index in [0.717, 1.165) is 11.5 Å². The lowest BCUT2D eigenvalue weighted by molar-refractivity contribution is 0.0752. The molecule has 6 heteroatoms. The van der Waals surface area contributed by atoms with Crippen molar-refractivity contribution in [2.75, 3.05) is 19.8 Å². The van der Waals surface area contributed by atoms with Gasteiger partial charge in [0.05, 0.1) is 0 Å². The van der Waals surface area contributed by atoms with Crippen LogP contribution in [0.15, 0.2) is 21.6 Å². The second kappa shape index (κ2) is 8.51. The zero-order chi connectivity index (χ0) is 13.7. The molecule has 4 nitrogen and oxygen atoms in total. The van der Waals surface area contributed by atoms with Crippen LogP contribution < -0.4 is 5.73 Å². The largest absolute Gasteiger partial charge is 0.445 e. The summed E-state index contributed by atoms with van der Waals surface area (Å²) < 4.78 is 5.41. The molecule has 2 N–H and O–H groups in total. The molecule has 1 aromatic heterocycles. The third-order valence-corrected chi connectivity index (χ3v) is 3.62. The van der Waals surface area contributed by atoms with Crippen LogP contribution in [0.1, 0.15) is 30.8 Å². The van der Waals surface area contributed by atoms with E-state index in [-0.39, 0.29) is 24.4 Å². The molecule has 1 amide bonds. The fourth-order valence-electron chi connectivity index (χ4n) is 1.51. The minimum Gasteiger partial charge on any atom is -0.445 e. The molecule has 0 aromatic carbocycles. The van der Waals surface area contributed by atoms with Crippen molar-refractivity contribution in [3.63, 3.8) is 0 Å². The van der Waals surface area contributed by atoms with E-state index in [1.807, 2.05) is 12.3 Å². The maximum absolute atomic E-state index is 12.0. The summed E-state index contributed by atoms with van der Waals surface area (Å²) in [6, 6.07) is 3.65. The molecule has 0 aliphatic carbocycles. The van der Waals surface area contributed by atoms with Crippen LogP contribution in [0.25, 0.3) is 0 Å². The lowest BCUT2D eigenvalue weighted by Crippen LogP contribution is -2.34. The fourth-order valence-corrected chi connectivity index (χ4v) is 1.89. The summed E-state index contributed by atoms with van der Waals surface area (Å²) in [7, 11) is 1.77. The molecular formula is C13H23ClN2O2S. The van der Waals surface area contributed by atoms with Crippen LogP contribution in [-0.2, 0) is 0 Å². The van der Waals surface area contributed by atoms with Crippen molar-refractivity contribution in [2.45, 2.75) is 31.4 Å². The fraction of sp³-hybridized carbons (Fsp3) is 0.615. The zero-order valence-corrected chi connectivity index (χ0v) is 13.5. The minimum atomic E-state index is -0.0914. The van der Waals surface area contributed by atoms with Gasteiger partial charge in [-0.25, -0.2) is 0 Å². The quantitative estimate of drug-likeness (QED) is 0.821. The number of thioether (sulfide) groups is 1. The normalized spacial score (nSPS) is 12.1. The second-order valence-corrected chi connectivity index (χ2v) is 5.56. The second-order valence-electron chi connectivity index (χ2n) is 4.75. The van der Waals surface area contributed by atoms with Crippen molar-refractivity contribution >= 4 is 30.1 Å². The first-order valence-corrected chi connectivity index (χ1v) is 7.33. The Bertz CT molecular complexity index is 396. The standard InChI is InChI=1S/C13H22N2O2S.ClH/c1-9(2)10(14)7-8-15(3)13(16)11-5-6-12(17-11)18-4;/h5-6,9-10H,7-8,14H2,1-4H3;1H. The number of carbonyl (C=O) groups is 1. The van der Waals surface area contributed by atoms with Gasteiger partial charge < -0.3 is 15.1 Å². The van der Waals surface area contributed by atoms with Gasteiger partial charge >= 0.3 is 0 Å². The van der Waals surface area contributed by atoms with Gasteiger partial charge in [-0.15, -0.1) is 12.4 Å². The van der Waals surface area contributed by atoms with Gasteiger partial charge in [0.1, 0.15) is 0 Å². The van der Waals surface area contributed by atoms with Gasteiger partial charge in [0.2, 0.25) is 0 Å². The van der Waals surface area contributed by atoms with Crippen LogP contribution in [-0.4, -0.2) is 36.7 Å². The van der Waals surface area contributed by atoms with Crippen LogP contribution in [0.2, 0.25) is 0 Å². The molecule has 1 atom stereocenters. The molecule has 0 spiro atoms. The monoisotopic (exact) mass is 306 g/mol. The van der Waals surface area contributed by atoms with Crippen molar-refractivity contribution in [3.8, 4) is 0 Å². The Morgan fingerprint density at radius 1 is 1.47 bits per heavy atom. The van der Waals surface area contributed by atoms with Gasteiger partial charge in [-0.1, -0.05) is 25.6 Å². The molecule has 0 fully saturated rings. The minimum absolute atomic E-state index is 0. The summed E-state index contributed by atoms with van der Waals surface area (Å²) in [5.41, 5.74) is 5.96. The van der Waals surface area contributed by atoms with Gasteiger partial charge in [-0.2, -0.15) is 0 Å². The van der Waals surface area contributed by atoms with Crippen LogP contribution >= 0.6 is 24.2 Å². The Hall–Kier alpha value is -0.650. The molecule has 1 aromatic rings. The van der Waals surface area contributed by atoms with Gasteiger partial charge in [0.15, 0.2) is 10.9 Å². The van der Waals surface area contributed by atoms with E-state index >= 15 is 0 Å². The number of nitrogens with two attached hydrogens (primary N) is 1. The molecule has 0 saturated carbocycles. The van der Waals surface area contributed by atoms with E-state index in [4.69, 9.17) is 10.2 Å². The first kappa shape index (κ1) is 18.4. The molecule has 1 unspecified atom stereocenters. The molecule has 0 aliphatic rings. The first-order chi connectivity index (χ1) is 8.45. The molecule has 0 saturated heterocycles. The van der Waals surface area contributed by atoms with Gasteiger partial charge in [-0.3, -0.25) is 4.79 Å². The number of nitrogens with zero attached hydrogens (tertiary/aromatic N) is 1. The van der Waals surface area contributed by atoms with E-state index in [1.165, 1.54) is 11.8 Å². The van der Waals surface area contributed by atoms with Crippen LogP contribution in [0, 0.1) is 5.92 Å². The molecular weight excluding hydrogens is 284 g/mol. The lowest BCUT2D eigenvalue weighted by atomic mass is 10.0.